The third-order valence-electron chi connectivity index (χ3n) is 4.77. The van der Waals surface area contributed by atoms with E-state index in [1.165, 1.54) is 0 Å². The molecule has 1 heterocycles. The Morgan fingerprint density at radius 2 is 1.61 bits per heavy atom. The SMILES string of the molecule is CC1CN(C)CCC1NC(=O)COc1ccc(Cl)cc1.O=CCOc1ccc(Cl)cc1. The Hall–Kier alpha value is -2.28. The molecule has 0 aliphatic carbocycles. The summed E-state index contributed by atoms with van der Waals surface area (Å²) in [6.07, 6.45) is 1.69. The largest absolute Gasteiger partial charge is 0.486 e. The molecule has 6 nitrogen and oxygen atoms in total. The van der Waals surface area contributed by atoms with Gasteiger partial charge in [-0.05, 0) is 74.5 Å². The van der Waals surface area contributed by atoms with Crippen molar-refractivity contribution in [3.63, 3.8) is 0 Å². The van der Waals surface area contributed by atoms with Crippen LogP contribution < -0.4 is 14.8 Å². The standard InChI is InChI=1S/C15H21ClN2O2.C8H7ClO2/c1-11-9-18(2)8-7-14(11)17-15(19)10-20-13-5-3-12(16)4-6-13;9-7-1-3-8(4-2-7)11-6-5-10/h3-6,11,14H,7-10H2,1-2H3,(H,17,19);1-5H,6H2. The molecule has 2 atom stereocenters. The van der Waals surface area contributed by atoms with Crippen LogP contribution >= 0.6 is 23.2 Å². The lowest BCUT2D eigenvalue weighted by Crippen LogP contribution is -2.49. The maximum atomic E-state index is 11.9. The third-order valence-corrected chi connectivity index (χ3v) is 5.27. The summed E-state index contributed by atoms with van der Waals surface area (Å²) in [5.74, 6) is 1.71. The minimum atomic E-state index is -0.0682. The van der Waals surface area contributed by atoms with Crippen LogP contribution in [0.5, 0.6) is 11.5 Å². The summed E-state index contributed by atoms with van der Waals surface area (Å²) in [5.41, 5.74) is 0. The summed E-state index contributed by atoms with van der Waals surface area (Å²) in [7, 11) is 2.11. The maximum Gasteiger partial charge on any atom is 0.258 e. The van der Waals surface area contributed by atoms with Crippen LogP contribution in [0.3, 0.4) is 0 Å². The second-order valence-corrected chi connectivity index (χ2v) is 8.25. The lowest BCUT2D eigenvalue weighted by atomic mass is 9.94. The Balaban J connectivity index is 0.000000262. The van der Waals surface area contributed by atoms with Crippen LogP contribution in [0.1, 0.15) is 13.3 Å². The Morgan fingerprint density at radius 3 is 2.13 bits per heavy atom. The average molecular weight is 467 g/mol. The fourth-order valence-corrected chi connectivity index (χ4v) is 3.41. The number of carbonyl (C=O) groups excluding carboxylic acids is 2. The van der Waals surface area contributed by atoms with Crippen molar-refractivity contribution in [2.75, 3.05) is 33.4 Å². The van der Waals surface area contributed by atoms with Gasteiger partial charge in [0.05, 0.1) is 0 Å². The summed E-state index contributed by atoms with van der Waals surface area (Å²) < 4.78 is 10.4. The first-order valence-electron chi connectivity index (χ1n) is 10.1. The molecule has 0 aromatic heterocycles. The normalized spacial score (nSPS) is 18.3. The summed E-state index contributed by atoms with van der Waals surface area (Å²) in [5, 5.41) is 4.36. The fourth-order valence-electron chi connectivity index (χ4n) is 3.16. The Morgan fingerprint density at radius 1 is 1.06 bits per heavy atom. The van der Waals surface area contributed by atoms with Gasteiger partial charge in [-0.2, -0.15) is 0 Å². The van der Waals surface area contributed by atoms with Crippen LogP contribution in [0.4, 0.5) is 0 Å². The van der Waals surface area contributed by atoms with Gasteiger partial charge in [-0.1, -0.05) is 30.1 Å². The van der Waals surface area contributed by atoms with E-state index in [0.717, 1.165) is 19.5 Å². The number of benzene rings is 2. The lowest BCUT2D eigenvalue weighted by molar-refractivity contribution is -0.124. The first kappa shape index (κ1) is 25.0. The number of amides is 1. The van der Waals surface area contributed by atoms with E-state index in [9.17, 15) is 9.59 Å². The summed E-state index contributed by atoms with van der Waals surface area (Å²) >= 11 is 11.4. The molecule has 1 fully saturated rings. The molecule has 0 radical (unpaired) electrons. The van der Waals surface area contributed by atoms with E-state index in [1.807, 2.05) is 0 Å². The molecule has 1 aliphatic heterocycles. The van der Waals surface area contributed by atoms with Crippen LogP contribution in [-0.2, 0) is 9.59 Å². The molecule has 1 saturated heterocycles. The van der Waals surface area contributed by atoms with Gasteiger partial charge in [0, 0.05) is 22.6 Å². The van der Waals surface area contributed by atoms with Gasteiger partial charge in [0.25, 0.3) is 5.91 Å². The highest BCUT2D eigenvalue weighted by molar-refractivity contribution is 6.30. The number of hydrogen-bond acceptors (Lipinski definition) is 5. The van der Waals surface area contributed by atoms with E-state index in [-0.39, 0.29) is 25.2 Å². The molecule has 0 saturated carbocycles. The summed E-state index contributed by atoms with van der Waals surface area (Å²) in [6.45, 7) is 4.33. The first-order chi connectivity index (χ1) is 14.9. The number of aldehydes is 1. The summed E-state index contributed by atoms with van der Waals surface area (Å²) in [6, 6.07) is 14.1. The number of carbonyl (C=O) groups is 2. The van der Waals surface area contributed by atoms with Gasteiger partial charge in [-0.3, -0.25) is 9.59 Å². The maximum absolute atomic E-state index is 11.9. The lowest BCUT2D eigenvalue weighted by Gasteiger charge is -2.35. The molecule has 2 aromatic carbocycles. The molecule has 2 aromatic rings. The molecule has 0 bridgehead atoms. The number of piperidine rings is 1. The number of likely N-dealkylation sites (tertiary alicyclic amines) is 1. The van der Waals surface area contributed by atoms with Crippen LogP contribution in [0, 0.1) is 5.92 Å². The smallest absolute Gasteiger partial charge is 0.258 e. The highest BCUT2D eigenvalue weighted by Gasteiger charge is 2.25. The van der Waals surface area contributed by atoms with Crippen molar-refractivity contribution in [2.45, 2.75) is 19.4 Å². The molecule has 3 rings (SSSR count). The van der Waals surface area contributed by atoms with Crippen molar-refractivity contribution >= 4 is 35.4 Å². The predicted octanol–water partition coefficient (Wildman–Crippen LogP) is 4.09. The van der Waals surface area contributed by atoms with Gasteiger partial charge in [-0.15, -0.1) is 0 Å². The Bertz CT molecular complexity index is 815. The van der Waals surface area contributed by atoms with Crippen LogP contribution in [-0.4, -0.2) is 56.5 Å². The van der Waals surface area contributed by atoms with Gasteiger partial charge in [0.15, 0.2) is 12.9 Å². The minimum absolute atomic E-state index is 0.0424. The van der Waals surface area contributed by atoms with E-state index in [2.05, 4.69) is 24.2 Å². The van der Waals surface area contributed by atoms with Gasteiger partial charge < -0.3 is 19.7 Å². The number of nitrogens with one attached hydrogen (secondary N) is 1. The molecule has 1 aliphatic rings. The molecule has 31 heavy (non-hydrogen) atoms. The number of ether oxygens (including phenoxy) is 2. The average Bonchev–Trinajstić information content (AvgIpc) is 2.75. The molecular formula is C23H28Cl2N2O4. The third kappa shape index (κ3) is 9.59. The molecule has 1 N–H and O–H groups in total. The molecule has 8 heteroatoms. The Labute approximate surface area is 193 Å². The number of nitrogens with zero attached hydrogens (tertiary/aromatic N) is 1. The second-order valence-electron chi connectivity index (χ2n) is 7.38. The molecular weight excluding hydrogens is 439 g/mol. The van der Waals surface area contributed by atoms with Gasteiger partial charge in [-0.25, -0.2) is 0 Å². The molecule has 2 unspecified atom stereocenters. The van der Waals surface area contributed by atoms with E-state index >= 15 is 0 Å². The predicted molar refractivity (Wildman–Crippen MR) is 123 cm³/mol. The molecule has 0 spiro atoms. The van der Waals surface area contributed by atoms with Crippen molar-refractivity contribution in [3.8, 4) is 11.5 Å². The second kappa shape index (κ2) is 13.2. The van der Waals surface area contributed by atoms with Crippen molar-refractivity contribution in [3.05, 3.63) is 58.6 Å². The minimum Gasteiger partial charge on any atom is -0.486 e. The van der Waals surface area contributed by atoms with Gasteiger partial charge >= 0.3 is 0 Å². The fraction of sp³-hybridized carbons (Fsp3) is 0.391. The van der Waals surface area contributed by atoms with E-state index in [1.54, 1.807) is 48.5 Å². The zero-order chi connectivity index (χ0) is 22.6. The highest BCUT2D eigenvalue weighted by Crippen LogP contribution is 2.17. The number of halogens is 2. The van der Waals surface area contributed by atoms with E-state index < -0.39 is 0 Å². The van der Waals surface area contributed by atoms with E-state index in [4.69, 9.17) is 32.7 Å². The first-order valence-corrected chi connectivity index (χ1v) is 10.8. The zero-order valence-electron chi connectivity index (χ0n) is 17.7. The number of hydrogen-bond donors (Lipinski definition) is 1. The molecule has 168 valence electrons. The van der Waals surface area contributed by atoms with Crippen LogP contribution in [0.25, 0.3) is 0 Å². The highest BCUT2D eigenvalue weighted by atomic mass is 35.5. The molecule has 1 amide bonds. The van der Waals surface area contributed by atoms with E-state index in [0.29, 0.717) is 33.7 Å². The summed E-state index contributed by atoms with van der Waals surface area (Å²) in [4.78, 5) is 24.1. The van der Waals surface area contributed by atoms with Crippen molar-refractivity contribution in [1.29, 1.82) is 0 Å². The monoisotopic (exact) mass is 466 g/mol. The van der Waals surface area contributed by atoms with Crippen LogP contribution in [0.2, 0.25) is 10.0 Å². The topological polar surface area (TPSA) is 67.9 Å². The Kier molecular flexibility index (Phi) is 10.6. The quantitative estimate of drug-likeness (QED) is 0.622. The van der Waals surface area contributed by atoms with Crippen molar-refractivity contribution in [1.82, 2.24) is 10.2 Å². The van der Waals surface area contributed by atoms with Gasteiger partial charge in [0.2, 0.25) is 0 Å². The van der Waals surface area contributed by atoms with Crippen molar-refractivity contribution in [2.24, 2.45) is 5.92 Å². The van der Waals surface area contributed by atoms with Crippen LogP contribution in [0.15, 0.2) is 48.5 Å². The van der Waals surface area contributed by atoms with Gasteiger partial charge in [0.1, 0.15) is 18.1 Å². The van der Waals surface area contributed by atoms with Crippen molar-refractivity contribution < 1.29 is 19.1 Å². The zero-order valence-corrected chi connectivity index (χ0v) is 19.2. The number of rotatable bonds is 7.